The highest BCUT2D eigenvalue weighted by Crippen LogP contribution is 2.26. The molecule has 1 heterocycles. The maximum atomic E-state index is 13.6. The summed E-state index contributed by atoms with van der Waals surface area (Å²) >= 11 is 0. The largest absolute Gasteiger partial charge is 0.496 e. The molecule has 1 N–H and O–H groups in total. The van der Waals surface area contributed by atoms with Crippen LogP contribution in [-0.4, -0.2) is 17.2 Å². The fourth-order valence-electron chi connectivity index (χ4n) is 2.04. The Balaban J connectivity index is 2.26. The number of aromatic nitrogens is 1. The van der Waals surface area contributed by atoms with Gasteiger partial charge in [0.15, 0.2) is 0 Å². The highest BCUT2D eigenvalue weighted by molar-refractivity contribution is 5.38. The van der Waals surface area contributed by atoms with Crippen LogP contribution in [0.3, 0.4) is 0 Å². The van der Waals surface area contributed by atoms with Gasteiger partial charge in [0, 0.05) is 18.2 Å². The molecule has 4 heteroatoms. The average Bonchev–Trinajstić information content (AvgIpc) is 2.39. The lowest BCUT2D eigenvalue weighted by Gasteiger charge is -2.14. The Morgan fingerprint density at radius 2 is 2.16 bits per heavy atom. The monoisotopic (exact) mass is 261 g/mol. The minimum absolute atomic E-state index is 0.249. The van der Waals surface area contributed by atoms with E-state index in [1.54, 1.807) is 7.11 Å². The third kappa shape index (κ3) is 3.09. The highest BCUT2D eigenvalue weighted by atomic mass is 19.1. The molecule has 0 amide bonds. The van der Waals surface area contributed by atoms with Crippen LogP contribution in [0.25, 0.3) is 0 Å². The van der Waals surface area contributed by atoms with Crippen molar-refractivity contribution in [3.05, 3.63) is 59.2 Å². The van der Waals surface area contributed by atoms with Crippen LogP contribution in [0, 0.1) is 12.7 Å². The van der Waals surface area contributed by atoms with Crippen molar-refractivity contribution < 1.29 is 14.2 Å². The molecular formula is C15H16FNO2. The summed E-state index contributed by atoms with van der Waals surface area (Å²) in [5, 5.41) is 10.1. The number of aliphatic hydroxyl groups excluding tert-OH is 1. The van der Waals surface area contributed by atoms with Gasteiger partial charge >= 0.3 is 0 Å². The van der Waals surface area contributed by atoms with E-state index in [0.717, 1.165) is 17.3 Å². The van der Waals surface area contributed by atoms with Crippen molar-refractivity contribution in [2.75, 3.05) is 7.11 Å². The first-order valence-electron chi connectivity index (χ1n) is 6.03. The molecule has 0 radical (unpaired) electrons. The van der Waals surface area contributed by atoms with E-state index < -0.39 is 11.9 Å². The predicted octanol–water partition coefficient (Wildman–Crippen LogP) is 2.81. The van der Waals surface area contributed by atoms with Gasteiger partial charge in [-0.3, -0.25) is 4.98 Å². The van der Waals surface area contributed by atoms with Gasteiger partial charge in [0.1, 0.15) is 11.6 Å². The Kier molecular flexibility index (Phi) is 4.12. The Bertz CT molecular complexity index is 572. The van der Waals surface area contributed by atoms with E-state index >= 15 is 0 Å². The van der Waals surface area contributed by atoms with E-state index in [4.69, 9.17) is 4.74 Å². The summed E-state index contributed by atoms with van der Waals surface area (Å²) in [6.07, 6.45) is 1.95. The van der Waals surface area contributed by atoms with Crippen LogP contribution in [-0.2, 0) is 6.42 Å². The third-order valence-electron chi connectivity index (χ3n) is 3.01. The SMILES string of the molecule is COc1ccc(C)cc1CC(O)c1ccncc1F. The van der Waals surface area contributed by atoms with Crippen LogP contribution in [0.5, 0.6) is 5.75 Å². The summed E-state index contributed by atoms with van der Waals surface area (Å²) in [7, 11) is 1.58. The van der Waals surface area contributed by atoms with E-state index in [2.05, 4.69) is 4.98 Å². The van der Waals surface area contributed by atoms with Crippen molar-refractivity contribution in [2.24, 2.45) is 0 Å². The topological polar surface area (TPSA) is 42.4 Å². The fourth-order valence-corrected chi connectivity index (χ4v) is 2.04. The van der Waals surface area contributed by atoms with Crippen LogP contribution < -0.4 is 4.74 Å². The van der Waals surface area contributed by atoms with E-state index in [1.165, 1.54) is 12.3 Å². The second kappa shape index (κ2) is 5.80. The zero-order valence-corrected chi connectivity index (χ0v) is 10.9. The summed E-state index contributed by atoms with van der Waals surface area (Å²) < 4.78 is 18.8. The van der Waals surface area contributed by atoms with Gasteiger partial charge in [-0.2, -0.15) is 0 Å². The molecule has 1 aromatic heterocycles. The number of rotatable bonds is 4. The third-order valence-corrected chi connectivity index (χ3v) is 3.01. The lowest BCUT2D eigenvalue weighted by molar-refractivity contribution is 0.172. The standard InChI is InChI=1S/C15H16FNO2/c1-10-3-4-15(19-2)11(7-10)8-14(18)12-5-6-17-9-13(12)16/h3-7,9,14,18H,8H2,1-2H3. The number of methoxy groups -OCH3 is 1. The van der Waals surface area contributed by atoms with Gasteiger partial charge in [0.05, 0.1) is 19.4 Å². The molecule has 1 unspecified atom stereocenters. The first-order valence-corrected chi connectivity index (χ1v) is 6.03. The van der Waals surface area contributed by atoms with Gasteiger partial charge in [0.2, 0.25) is 0 Å². The number of hydrogen-bond donors (Lipinski definition) is 1. The molecule has 1 atom stereocenters. The molecule has 0 saturated carbocycles. The Labute approximate surface area is 111 Å². The zero-order valence-electron chi connectivity index (χ0n) is 10.9. The number of pyridine rings is 1. The minimum Gasteiger partial charge on any atom is -0.496 e. The number of halogens is 1. The average molecular weight is 261 g/mol. The number of aryl methyl sites for hydroxylation is 1. The molecule has 0 saturated heterocycles. The van der Waals surface area contributed by atoms with Crippen molar-refractivity contribution in [3.8, 4) is 5.75 Å². The lowest BCUT2D eigenvalue weighted by atomic mass is 10.00. The van der Waals surface area contributed by atoms with Crippen molar-refractivity contribution in [1.29, 1.82) is 0 Å². The first kappa shape index (κ1) is 13.5. The minimum atomic E-state index is -0.918. The number of ether oxygens (including phenoxy) is 1. The van der Waals surface area contributed by atoms with Gasteiger partial charge in [0.25, 0.3) is 0 Å². The van der Waals surface area contributed by atoms with Crippen molar-refractivity contribution in [1.82, 2.24) is 4.98 Å². The molecule has 19 heavy (non-hydrogen) atoms. The second-order valence-corrected chi connectivity index (χ2v) is 4.43. The van der Waals surface area contributed by atoms with E-state index in [1.807, 2.05) is 25.1 Å². The molecule has 3 nitrogen and oxygen atoms in total. The number of nitrogens with zero attached hydrogens (tertiary/aromatic N) is 1. The number of hydrogen-bond acceptors (Lipinski definition) is 3. The van der Waals surface area contributed by atoms with E-state index in [9.17, 15) is 9.50 Å². The first-order chi connectivity index (χ1) is 9.11. The number of aliphatic hydroxyl groups is 1. The normalized spacial score (nSPS) is 12.2. The molecule has 100 valence electrons. The Morgan fingerprint density at radius 1 is 1.37 bits per heavy atom. The lowest BCUT2D eigenvalue weighted by Crippen LogP contribution is -2.06. The molecule has 0 aliphatic heterocycles. The fraction of sp³-hybridized carbons (Fsp3) is 0.267. The zero-order chi connectivity index (χ0) is 13.8. The van der Waals surface area contributed by atoms with Gasteiger partial charge in [-0.25, -0.2) is 4.39 Å². The Hall–Kier alpha value is -1.94. The molecule has 0 aliphatic carbocycles. The van der Waals surface area contributed by atoms with Gasteiger partial charge in [-0.1, -0.05) is 17.7 Å². The van der Waals surface area contributed by atoms with Gasteiger partial charge < -0.3 is 9.84 Å². The summed E-state index contributed by atoms with van der Waals surface area (Å²) in [5.41, 5.74) is 2.17. The highest BCUT2D eigenvalue weighted by Gasteiger charge is 2.15. The van der Waals surface area contributed by atoms with Crippen LogP contribution >= 0.6 is 0 Å². The van der Waals surface area contributed by atoms with Crippen LogP contribution in [0.4, 0.5) is 4.39 Å². The molecule has 0 spiro atoms. The van der Waals surface area contributed by atoms with E-state index in [0.29, 0.717) is 12.2 Å². The van der Waals surface area contributed by atoms with Crippen molar-refractivity contribution in [2.45, 2.75) is 19.4 Å². The van der Waals surface area contributed by atoms with Crippen molar-refractivity contribution >= 4 is 0 Å². The van der Waals surface area contributed by atoms with Crippen LogP contribution in [0.1, 0.15) is 22.8 Å². The molecule has 0 fully saturated rings. The quantitative estimate of drug-likeness (QED) is 0.920. The molecule has 1 aromatic carbocycles. The van der Waals surface area contributed by atoms with E-state index in [-0.39, 0.29) is 5.56 Å². The summed E-state index contributed by atoms with van der Waals surface area (Å²) in [6.45, 7) is 1.96. The number of benzene rings is 1. The van der Waals surface area contributed by atoms with Gasteiger partial charge in [-0.05, 0) is 24.6 Å². The maximum absolute atomic E-state index is 13.6. The molecule has 0 aliphatic rings. The smallest absolute Gasteiger partial charge is 0.147 e. The second-order valence-electron chi connectivity index (χ2n) is 4.43. The van der Waals surface area contributed by atoms with Crippen LogP contribution in [0.2, 0.25) is 0 Å². The summed E-state index contributed by atoms with van der Waals surface area (Å²) in [6, 6.07) is 7.20. The molecule has 2 aromatic rings. The van der Waals surface area contributed by atoms with Crippen molar-refractivity contribution in [3.63, 3.8) is 0 Å². The maximum Gasteiger partial charge on any atom is 0.147 e. The van der Waals surface area contributed by atoms with Gasteiger partial charge in [-0.15, -0.1) is 0 Å². The summed E-state index contributed by atoms with van der Waals surface area (Å²) in [4.78, 5) is 3.67. The molecule has 2 rings (SSSR count). The molecule has 0 bridgehead atoms. The Morgan fingerprint density at radius 3 is 2.84 bits per heavy atom. The predicted molar refractivity (Wildman–Crippen MR) is 70.6 cm³/mol. The van der Waals surface area contributed by atoms with Crippen LogP contribution in [0.15, 0.2) is 36.7 Å². The molecular weight excluding hydrogens is 245 g/mol. The summed E-state index contributed by atoms with van der Waals surface area (Å²) in [5.74, 6) is 0.195.